The highest BCUT2D eigenvalue weighted by Crippen LogP contribution is 2.18. The van der Waals surface area contributed by atoms with E-state index in [0.29, 0.717) is 5.82 Å². The van der Waals surface area contributed by atoms with Crippen molar-refractivity contribution in [2.45, 2.75) is 13.8 Å². The maximum absolute atomic E-state index is 12.2. The number of hydrogen-bond donors (Lipinski definition) is 2. The van der Waals surface area contributed by atoms with Crippen LogP contribution in [0.2, 0.25) is 0 Å². The molecule has 1 aromatic heterocycles. The van der Waals surface area contributed by atoms with Crippen LogP contribution in [-0.4, -0.2) is 45.4 Å². The Morgan fingerprint density at radius 2 is 2.04 bits per heavy atom. The molecule has 0 fully saturated rings. The molecule has 7 nitrogen and oxygen atoms in total. The van der Waals surface area contributed by atoms with Gasteiger partial charge in [-0.15, -0.1) is 0 Å². The zero-order valence-corrected chi connectivity index (χ0v) is 13.4. The molecule has 0 aliphatic carbocycles. The molecule has 0 spiro atoms. The van der Waals surface area contributed by atoms with E-state index in [9.17, 15) is 9.59 Å². The monoisotopic (exact) mass is 316 g/mol. The number of rotatable bonds is 5. The molecule has 0 bridgehead atoms. The Kier molecular flexibility index (Phi) is 5.00. The normalized spacial score (nSPS) is 11.8. The third-order valence-corrected chi connectivity index (χ3v) is 3.54. The fourth-order valence-electron chi connectivity index (χ4n) is 2.17. The lowest BCUT2D eigenvalue weighted by atomic mass is 10.2. The minimum atomic E-state index is -0.936. The number of carboxylic acid groups (broad SMARTS) is 1. The Hall–Kier alpha value is -2.83. The number of aryl methyl sites for hydroxylation is 1. The second-order valence-corrected chi connectivity index (χ2v) is 5.46. The summed E-state index contributed by atoms with van der Waals surface area (Å²) in [6, 6.07) is 9.02. The summed E-state index contributed by atoms with van der Waals surface area (Å²) in [7, 11) is 1.56. The Morgan fingerprint density at radius 3 is 2.70 bits per heavy atom. The number of carbonyl (C=O) groups is 2. The van der Waals surface area contributed by atoms with Gasteiger partial charge < -0.3 is 10.0 Å². The highest BCUT2D eigenvalue weighted by Gasteiger charge is 2.18. The van der Waals surface area contributed by atoms with E-state index in [2.05, 4.69) is 10.4 Å². The number of benzene rings is 1. The van der Waals surface area contributed by atoms with Crippen molar-refractivity contribution >= 4 is 17.8 Å². The van der Waals surface area contributed by atoms with Crippen molar-refractivity contribution in [3.8, 4) is 5.69 Å². The molecule has 2 aromatic rings. The van der Waals surface area contributed by atoms with E-state index in [4.69, 9.17) is 5.11 Å². The molecule has 0 saturated carbocycles. The van der Waals surface area contributed by atoms with Gasteiger partial charge in [-0.25, -0.2) is 9.48 Å². The van der Waals surface area contributed by atoms with Gasteiger partial charge in [-0.2, -0.15) is 5.10 Å². The van der Waals surface area contributed by atoms with Crippen LogP contribution in [-0.2, 0) is 4.79 Å². The molecule has 1 aromatic carbocycles. The molecule has 23 heavy (non-hydrogen) atoms. The van der Waals surface area contributed by atoms with Crippen LogP contribution >= 0.6 is 0 Å². The van der Waals surface area contributed by atoms with Gasteiger partial charge in [0.2, 0.25) is 0 Å². The minimum absolute atomic E-state index is 0.125. The van der Waals surface area contributed by atoms with Crippen LogP contribution in [0.5, 0.6) is 0 Å². The zero-order chi connectivity index (χ0) is 17.0. The van der Waals surface area contributed by atoms with Crippen LogP contribution in [0.15, 0.2) is 36.5 Å². The van der Waals surface area contributed by atoms with Crippen molar-refractivity contribution in [1.29, 1.82) is 0 Å². The van der Waals surface area contributed by atoms with Gasteiger partial charge in [0.15, 0.2) is 0 Å². The van der Waals surface area contributed by atoms with Crippen LogP contribution in [0.25, 0.3) is 5.69 Å². The van der Waals surface area contributed by atoms with E-state index in [-0.39, 0.29) is 12.6 Å². The number of hydrogen-bond acceptors (Lipinski definition) is 3. The summed E-state index contributed by atoms with van der Waals surface area (Å²) in [4.78, 5) is 24.4. The van der Waals surface area contributed by atoms with Gasteiger partial charge in [0.05, 0.1) is 17.8 Å². The van der Waals surface area contributed by atoms with Crippen LogP contribution in [0.4, 0.5) is 10.6 Å². The number of carbonyl (C=O) groups excluding carboxylic acids is 1. The van der Waals surface area contributed by atoms with E-state index in [1.807, 2.05) is 31.2 Å². The van der Waals surface area contributed by atoms with Gasteiger partial charge in [0, 0.05) is 19.7 Å². The average Bonchev–Trinajstić information content (AvgIpc) is 2.95. The van der Waals surface area contributed by atoms with E-state index >= 15 is 0 Å². The molecule has 7 heteroatoms. The van der Waals surface area contributed by atoms with Gasteiger partial charge in [-0.05, 0) is 18.6 Å². The second-order valence-electron chi connectivity index (χ2n) is 5.46. The molecule has 0 saturated heterocycles. The van der Waals surface area contributed by atoms with Gasteiger partial charge in [0.1, 0.15) is 5.82 Å². The molecule has 0 aliphatic heterocycles. The summed E-state index contributed by atoms with van der Waals surface area (Å²) < 4.78 is 1.64. The molecule has 1 heterocycles. The maximum atomic E-state index is 12.2. The Bertz CT molecular complexity index is 711. The summed E-state index contributed by atoms with van der Waals surface area (Å²) in [5.74, 6) is -1.04. The lowest BCUT2D eigenvalue weighted by molar-refractivity contribution is -0.141. The van der Waals surface area contributed by atoms with Crippen molar-refractivity contribution in [3.05, 3.63) is 42.1 Å². The van der Waals surface area contributed by atoms with Crippen molar-refractivity contribution in [2.75, 3.05) is 18.9 Å². The van der Waals surface area contributed by atoms with E-state index in [1.165, 1.54) is 4.90 Å². The van der Waals surface area contributed by atoms with Crippen molar-refractivity contribution in [3.63, 3.8) is 0 Å². The standard InChI is InChI=1S/C16H20N4O3/c1-11-6-4-5-7-13(11)20-14(8-9-17-20)18-16(23)19(3)10-12(2)15(21)22/h4-9,12H,10H2,1-3H3,(H,18,23)(H,21,22). The van der Waals surface area contributed by atoms with Gasteiger partial charge in [-0.1, -0.05) is 25.1 Å². The molecular formula is C16H20N4O3. The molecule has 0 radical (unpaired) electrons. The number of anilines is 1. The lowest BCUT2D eigenvalue weighted by Crippen LogP contribution is -2.37. The minimum Gasteiger partial charge on any atom is -0.481 e. The van der Waals surface area contributed by atoms with Gasteiger partial charge in [0.25, 0.3) is 0 Å². The van der Waals surface area contributed by atoms with E-state index in [1.54, 1.807) is 30.9 Å². The zero-order valence-electron chi connectivity index (χ0n) is 13.4. The first-order chi connectivity index (χ1) is 10.9. The number of aliphatic carboxylic acids is 1. The van der Waals surface area contributed by atoms with Crippen LogP contribution < -0.4 is 5.32 Å². The van der Waals surface area contributed by atoms with Crippen molar-refractivity contribution in [1.82, 2.24) is 14.7 Å². The van der Waals surface area contributed by atoms with E-state index in [0.717, 1.165) is 11.3 Å². The molecule has 2 N–H and O–H groups in total. The summed E-state index contributed by atoms with van der Waals surface area (Å²) in [5.41, 5.74) is 1.90. The van der Waals surface area contributed by atoms with E-state index < -0.39 is 11.9 Å². The highest BCUT2D eigenvalue weighted by atomic mass is 16.4. The van der Waals surface area contributed by atoms with Crippen molar-refractivity contribution in [2.24, 2.45) is 5.92 Å². The first-order valence-corrected chi connectivity index (χ1v) is 7.25. The molecule has 2 rings (SSSR count). The Balaban J connectivity index is 2.13. The fourth-order valence-corrected chi connectivity index (χ4v) is 2.17. The molecule has 1 atom stereocenters. The number of nitrogens with one attached hydrogen (secondary N) is 1. The predicted octanol–water partition coefficient (Wildman–Crippen LogP) is 2.37. The Labute approximate surface area is 134 Å². The Morgan fingerprint density at radius 1 is 1.35 bits per heavy atom. The second kappa shape index (κ2) is 6.95. The number of carboxylic acids is 1. The molecule has 1 unspecified atom stereocenters. The van der Waals surface area contributed by atoms with Gasteiger partial charge >= 0.3 is 12.0 Å². The molecular weight excluding hydrogens is 296 g/mol. The fraction of sp³-hybridized carbons (Fsp3) is 0.312. The van der Waals surface area contributed by atoms with Gasteiger partial charge in [-0.3, -0.25) is 10.1 Å². The SMILES string of the molecule is Cc1ccccc1-n1nccc1NC(=O)N(C)CC(C)C(=O)O. The van der Waals surface area contributed by atoms with Crippen LogP contribution in [0.3, 0.4) is 0 Å². The molecule has 0 aliphatic rings. The predicted molar refractivity (Wildman–Crippen MR) is 86.7 cm³/mol. The lowest BCUT2D eigenvalue weighted by Gasteiger charge is -2.20. The number of nitrogens with zero attached hydrogens (tertiary/aromatic N) is 3. The quantitative estimate of drug-likeness (QED) is 0.886. The summed E-state index contributed by atoms with van der Waals surface area (Å²) in [6.07, 6.45) is 1.60. The van der Waals surface area contributed by atoms with Crippen molar-refractivity contribution < 1.29 is 14.7 Å². The molecule has 2 amide bonds. The summed E-state index contributed by atoms with van der Waals surface area (Å²) >= 11 is 0. The number of para-hydroxylation sites is 1. The molecule has 122 valence electrons. The average molecular weight is 316 g/mol. The number of aromatic nitrogens is 2. The maximum Gasteiger partial charge on any atom is 0.322 e. The topological polar surface area (TPSA) is 87.5 Å². The summed E-state index contributed by atoms with van der Waals surface area (Å²) in [6.45, 7) is 3.65. The smallest absolute Gasteiger partial charge is 0.322 e. The summed E-state index contributed by atoms with van der Waals surface area (Å²) in [5, 5.41) is 15.9. The third kappa shape index (κ3) is 3.88. The number of urea groups is 1. The number of amides is 2. The van der Waals surface area contributed by atoms with Crippen LogP contribution in [0.1, 0.15) is 12.5 Å². The largest absolute Gasteiger partial charge is 0.481 e. The third-order valence-electron chi connectivity index (χ3n) is 3.54. The van der Waals surface area contributed by atoms with Crippen LogP contribution in [0, 0.1) is 12.8 Å². The first-order valence-electron chi connectivity index (χ1n) is 7.25. The first kappa shape index (κ1) is 16.5. The highest BCUT2D eigenvalue weighted by molar-refractivity contribution is 5.88.